The smallest absolute Gasteiger partial charge is 0.218 e. The third-order valence-electron chi connectivity index (χ3n) is 4.88. The highest BCUT2D eigenvalue weighted by molar-refractivity contribution is 5.43. The molecule has 0 N–H and O–H groups in total. The van der Waals surface area contributed by atoms with Crippen LogP contribution in [-0.4, -0.2) is 53.5 Å². The second kappa shape index (κ2) is 7.33. The molecule has 0 aromatic carbocycles. The molecule has 2 fully saturated rings. The zero-order valence-corrected chi connectivity index (χ0v) is 14.2. The molecule has 4 rings (SSSR count). The molecule has 3 atom stereocenters. The van der Waals surface area contributed by atoms with Gasteiger partial charge in [0.25, 0.3) is 0 Å². The van der Waals surface area contributed by atoms with E-state index in [9.17, 15) is 0 Å². The van der Waals surface area contributed by atoms with Crippen LogP contribution < -0.4 is 9.64 Å². The average Bonchev–Trinajstić information content (AvgIpc) is 3.10. The van der Waals surface area contributed by atoms with Crippen LogP contribution >= 0.6 is 0 Å². The zero-order valence-electron chi connectivity index (χ0n) is 14.2. The SMILES string of the molecule is COc1cc(N2CCO[C@H]3[C@H](OCc4ccncc4)CC[C@@H]32)ncn1. The normalized spacial score (nSPS) is 25.6. The van der Waals surface area contributed by atoms with Crippen LogP contribution in [0.1, 0.15) is 18.4 Å². The van der Waals surface area contributed by atoms with Crippen molar-refractivity contribution >= 4 is 5.82 Å². The molecule has 3 heterocycles. The summed E-state index contributed by atoms with van der Waals surface area (Å²) in [6, 6.07) is 6.12. The number of methoxy groups -OCH3 is 1. The molecular formula is C18H22N4O3. The van der Waals surface area contributed by atoms with Crippen molar-refractivity contribution in [3.8, 4) is 5.88 Å². The first-order valence-electron chi connectivity index (χ1n) is 8.60. The number of pyridine rings is 1. The molecule has 132 valence electrons. The fourth-order valence-electron chi connectivity index (χ4n) is 3.66. The standard InChI is InChI=1S/C18H22N4O3/c1-23-17-10-16(20-12-21-17)22-8-9-24-18-14(22)2-3-15(18)25-11-13-4-6-19-7-5-13/h4-7,10,12,14-15,18H,2-3,8-9,11H2,1H3/t14-,15+,18+/m0/s1. The van der Waals surface area contributed by atoms with E-state index in [1.165, 1.54) is 0 Å². The van der Waals surface area contributed by atoms with Crippen molar-refractivity contribution in [1.29, 1.82) is 0 Å². The maximum Gasteiger partial charge on any atom is 0.218 e. The lowest BCUT2D eigenvalue weighted by Crippen LogP contribution is -2.52. The van der Waals surface area contributed by atoms with Crippen LogP contribution in [0.4, 0.5) is 5.82 Å². The topological polar surface area (TPSA) is 69.6 Å². The number of ether oxygens (including phenoxy) is 3. The van der Waals surface area contributed by atoms with Gasteiger partial charge in [-0.15, -0.1) is 0 Å². The fourth-order valence-corrected chi connectivity index (χ4v) is 3.66. The maximum atomic E-state index is 6.15. The van der Waals surface area contributed by atoms with Crippen LogP contribution in [0.5, 0.6) is 5.88 Å². The van der Waals surface area contributed by atoms with Gasteiger partial charge in [-0.2, -0.15) is 0 Å². The molecule has 2 aliphatic rings. The summed E-state index contributed by atoms with van der Waals surface area (Å²) in [6.07, 6.45) is 7.30. The summed E-state index contributed by atoms with van der Waals surface area (Å²) in [5.74, 6) is 1.47. The van der Waals surface area contributed by atoms with Gasteiger partial charge in [0.1, 0.15) is 18.2 Å². The molecule has 25 heavy (non-hydrogen) atoms. The Morgan fingerprint density at radius 3 is 2.96 bits per heavy atom. The van der Waals surface area contributed by atoms with Crippen molar-refractivity contribution in [3.05, 3.63) is 42.5 Å². The van der Waals surface area contributed by atoms with E-state index in [4.69, 9.17) is 14.2 Å². The number of rotatable bonds is 5. The number of hydrogen-bond donors (Lipinski definition) is 0. The van der Waals surface area contributed by atoms with Gasteiger partial charge in [0.15, 0.2) is 0 Å². The van der Waals surface area contributed by atoms with E-state index >= 15 is 0 Å². The Kier molecular flexibility index (Phi) is 4.76. The van der Waals surface area contributed by atoms with E-state index < -0.39 is 0 Å². The van der Waals surface area contributed by atoms with Gasteiger partial charge in [0, 0.05) is 25.0 Å². The maximum absolute atomic E-state index is 6.15. The summed E-state index contributed by atoms with van der Waals surface area (Å²) in [4.78, 5) is 14.9. The second-order valence-electron chi connectivity index (χ2n) is 6.30. The first kappa shape index (κ1) is 16.2. The highest BCUT2D eigenvalue weighted by Crippen LogP contribution is 2.35. The van der Waals surface area contributed by atoms with Crippen LogP contribution in [0.2, 0.25) is 0 Å². The summed E-state index contributed by atoms with van der Waals surface area (Å²) in [5, 5.41) is 0. The van der Waals surface area contributed by atoms with Crippen molar-refractivity contribution in [1.82, 2.24) is 15.0 Å². The van der Waals surface area contributed by atoms with Gasteiger partial charge in [0.2, 0.25) is 5.88 Å². The van der Waals surface area contributed by atoms with Crippen LogP contribution in [0.25, 0.3) is 0 Å². The molecule has 1 saturated heterocycles. The monoisotopic (exact) mass is 342 g/mol. The molecule has 2 aromatic heterocycles. The molecule has 0 radical (unpaired) electrons. The highest BCUT2D eigenvalue weighted by atomic mass is 16.5. The first-order chi connectivity index (χ1) is 12.3. The van der Waals surface area contributed by atoms with Gasteiger partial charge in [0.05, 0.1) is 32.5 Å². The van der Waals surface area contributed by atoms with Crippen LogP contribution in [0.15, 0.2) is 36.9 Å². The number of fused-ring (bicyclic) bond motifs is 1. The Balaban J connectivity index is 1.44. The van der Waals surface area contributed by atoms with Gasteiger partial charge in [-0.1, -0.05) is 0 Å². The minimum absolute atomic E-state index is 0.0662. The quantitative estimate of drug-likeness (QED) is 0.821. The van der Waals surface area contributed by atoms with Crippen LogP contribution in [-0.2, 0) is 16.1 Å². The van der Waals surface area contributed by atoms with Gasteiger partial charge in [-0.05, 0) is 30.5 Å². The lowest BCUT2D eigenvalue weighted by Gasteiger charge is -2.39. The first-order valence-corrected chi connectivity index (χ1v) is 8.60. The van der Waals surface area contributed by atoms with Gasteiger partial charge in [-0.3, -0.25) is 4.98 Å². The van der Waals surface area contributed by atoms with Crippen molar-refractivity contribution < 1.29 is 14.2 Å². The number of nitrogens with zero attached hydrogens (tertiary/aromatic N) is 4. The Morgan fingerprint density at radius 1 is 1.24 bits per heavy atom. The Hall–Kier alpha value is -2.25. The number of hydrogen-bond acceptors (Lipinski definition) is 7. The van der Waals surface area contributed by atoms with Gasteiger partial charge in [-0.25, -0.2) is 9.97 Å². The summed E-state index contributed by atoms with van der Waals surface area (Å²) >= 11 is 0. The van der Waals surface area contributed by atoms with Crippen molar-refractivity contribution in [2.45, 2.75) is 37.7 Å². The molecule has 7 heteroatoms. The summed E-state index contributed by atoms with van der Waals surface area (Å²) in [7, 11) is 1.62. The predicted octanol–water partition coefficient (Wildman–Crippen LogP) is 1.83. The van der Waals surface area contributed by atoms with E-state index in [2.05, 4.69) is 19.9 Å². The molecule has 1 aliphatic heterocycles. The summed E-state index contributed by atoms with van der Waals surface area (Å²) < 4.78 is 17.4. The third kappa shape index (κ3) is 3.43. The van der Waals surface area contributed by atoms with E-state index in [1.54, 1.807) is 25.8 Å². The van der Waals surface area contributed by atoms with E-state index in [0.29, 0.717) is 19.1 Å². The second-order valence-corrected chi connectivity index (χ2v) is 6.30. The van der Waals surface area contributed by atoms with E-state index in [0.717, 1.165) is 30.8 Å². The fraction of sp³-hybridized carbons (Fsp3) is 0.500. The number of anilines is 1. The minimum atomic E-state index is 0.0662. The Morgan fingerprint density at radius 2 is 2.12 bits per heavy atom. The van der Waals surface area contributed by atoms with Gasteiger partial charge < -0.3 is 19.1 Å². The largest absolute Gasteiger partial charge is 0.481 e. The molecule has 1 aliphatic carbocycles. The Bertz CT molecular complexity index is 700. The number of aromatic nitrogens is 3. The molecule has 2 aromatic rings. The lowest BCUT2D eigenvalue weighted by molar-refractivity contribution is -0.0771. The van der Waals surface area contributed by atoms with Crippen LogP contribution in [0, 0.1) is 0 Å². The third-order valence-corrected chi connectivity index (χ3v) is 4.88. The minimum Gasteiger partial charge on any atom is -0.481 e. The summed E-state index contributed by atoms with van der Waals surface area (Å²) in [6.45, 7) is 2.07. The van der Waals surface area contributed by atoms with Crippen molar-refractivity contribution in [2.75, 3.05) is 25.2 Å². The van der Waals surface area contributed by atoms with Gasteiger partial charge >= 0.3 is 0 Å². The highest BCUT2D eigenvalue weighted by Gasteiger charge is 2.44. The predicted molar refractivity (Wildman–Crippen MR) is 91.5 cm³/mol. The van der Waals surface area contributed by atoms with E-state index in [-0.39, 0.29) is 18.2 Å². The Labute approximate surface area is 147 Å². The summed E-state index contributed by atoms with van der Waals surface area (Å²) in [5.41, 5.74) is 1.13. The van der Waals surface area contributed by atoms with Crippen molar-refractivity contribution in [2.24, 2.45) is 0 Å². The average molecular weight is 342 g/mol. The molecule has 1 saturated carbocycles. The molecule has 0 unspecified atom stereocenters. The van der Waals surface area contributed by atoms with Crippen molar-refractivity contribution in [3.63, 3.8) is 0 Å². The molecule has 0 amide bonds. The molecular weight excluding hydrogens is 320 g/mol. The zero-order chi connectivity index (χ0) is 17.1. The lowest BCUT2D eigenvalue weighted by atomic mass is 10.1. The molecule has 0 bridgehead atoms. The number of morpholine rings is 1. The van der Waals surface area contributed by atoms with Crippen LogP contribution in [0.3, 0.4) is 0 Å². The van der Waals surface area contributed by atoms with E-state index in [1.807, 2.05) is 18.2 Å². The molecule has 7 nitrogen and oxygen atoms in total. The molecule has 0 spiro atoms.